The third-order valence-electron chi connectivity index (χ3n) is 0.718. The summed E-state index contributed by atoms with van der Waals surface area (Å²) in [5.74, 6) is -7.48. The van der Waals surface area contributed by atoms with E-state index in [0.717, 1.165) is 0 Å². The fourth-order valence-electron chi connectivity index (χ4n) is 0.273. The van der Waals surface area contributed by atoms with Gasteiger partial charge in [0.25, 0.3) is 0 Å². The molecule has 0 saturated carbocycles. The van der Waals surface area contributed by atoms with E-state index in [1.165, 1.54) is 0 Å². The van der Waals surface area contributed by atoms with Crippen LogP contribution in [0.5, 0.6) is 0 Å². The minimum atomic E-state index is -3.33. The van der Waals surface area contributed by atoms with E-state index in [4.69, 9.17) is 10.2 Å². The van der Waals surface area contributed by atoms with Crippen molar-refractivity contribution in [3.63, 3.8) is 0 Å². The Morgan fingerprint density at radius 3 is 1.67 bits per heavy atom. The number of carboxylic acid groups (broad SMARTS) is 2. The molecule has 0 bridgehead atoms. The molecule has 0 aromatic carbocycles. The van der Waals surface area contributed by atoms with Crippen molar-refractivity contribution in [3.05, 3.63) is 0 Å². The fourth-order valence-corrected chi connectivity index (χ4v) is 0.273. The van der Waals surface area contributed by atoms with Crippen LogP contribution in [0.2, 0.25) is 0 Å². The van der Waals surface area contributed by atoms with Crippen molar-refractivity contribution in [1.82, 2.24) is 0 Å². The van der Waals surface area contributed by atoms with E-state index in [1.807, 2.05) is 0 Å². The van der Waals surface area contributed by atoms with E-state index >= 15 is 0 Å². The summed E-state index contributed by atoms with van der Waals surface area (Å²) in [5, 5.41) is 35.7. The number of carbonyl (C=O) groups excluding carboxylic acids is 2. The molecule has 12 heavy (non-hydrogen) atoms. The van der Waals surface area contributed by atoms with Crippen LogP contribution in [0.4, 0.5) is 0 Å². The molecule has 6 nitrogen and oxygen atoms in total. The largest absolute Gasteiger partial charge is 3.00 e. The van der Waals surface area contributed by atoms with Crippen LogP contribution in [0.1, 0.15) is 6.42 Å². The zero-order valence-electron chi connectivity index (χ0n) is 6.18. The summed E-state index contributed by atoms with van der Waals surface area (Å²) in [6.45, 7) is 0. The maximum atomic E-state index is 9.65. The molecule has 0 aliphatic heterocycles. The van der Waals surface area contributed by atoms with E-state index in [2.05, 4.69) is 0 Å². The molecular formula is C4H4NaO6Sb+2. The van der Waals surface area contributed by atoms with Crippen molar-refractivity contribution < 1.29 is 59.6 Å². The SMILES string of the molecule is O=C([O-])CC(O)(O)C(=O)[O-].[Na+].[Sb+3]. The summed E-state index contributed by atoms with van der Waals surface area (Å²) in [6.07, 6.45) is -1.41. The monoisotopic (exact) mass is 292 g/mol. The zero-order chi connectivity index (χ0) is 8.36. The van der Waals surface area contributed by atoms with Crippen molar-refractivity contribution >= 4 is 36.4 Å². The molecule has 60 valence electrons. The van der Waals surface area contributed by atoms with Gasteiger partial charge in [0.2, 0.25) is 5.79 Å². The normalized spacial score (nSPS) is 9.17. The van der Waals surface area contributed by atoms with Crippen molar-refractivity contribution in [2.24, 2.45) is 0 Å². The number of aliphatic carboxylic acids is 2. The molecule has 0 aliphatic carbocycles. The molecular weight excluding hydrogens is 289 g/mol. The van der Waals surface area contributed by atoms with Gasteiger partial charge in [0.15, 0.2) is 0 Å². The van der Waals surface area contributed by atoms with E-state index in [9.17, 15) is 19.8 Å². The molecule has 0 spiro atoms. The summed E-state index contributed by atoms with van der Waals surface area (Å²) in [4.78, 5) is 19.3. The molecule has 8 heteroatoms. The summed E-state index contributed by atoms with van der Waals surface area (Å²) in [7, 11) is 0. The minimum Gasteiger partial charge on any atom is -0.550 e. The van der Waals surface area contributed by atoms with Crippen LogP contribution in [-0.4, -0.2) is 52.4 Å². The first-order valence-electron chi connectivity index (χ1n) is 2.22. The second kappa shape index (κ2) is 7.12. The number of hydrogen-bond donors (Lipinski definition) is 2. The van der Waals surface area contributed by atoms with Crippen molar-refractivity contribution in [2.45, 2.75) is 12.2 Å². The Labute approximate surface area is 107 Å². The predicted molar refractivity (Wildman–Crippen MR) is 27.6 cm³/mol. The van der Waals surface area contributed by atoms with Crippen LogP contribution < -0.4 is 39.8 Å². The van der Waals surface area contributed by atoms with E-state index in [-0.39, 0.29) is 54.0 Å². The van der Waals surface area contributed by atoms with Gasteiger partial charge in [0.1, 0.15) is 5.97 Å². The first-order valence-corrected chi connectivity index (χ1v) is 2.22. The molecule has 0 atom stereocenters. The first-order chi connectivity index (χ1) is 4.36. The Morgan fingerprint density at radius 2 is 1.58 bits per heavy atom. The maximum absolute atomic E-state index is 9.65. The predicted octanol–water partition coefficient (Wildman–Crippen LogP) is -7.82. The Bertz CT molecular complexity index is 169. The van der Waals surface area contributed by atoms with Crippen molar-refractivity contribution in [2.75, 3.05) is 0 Å². The molecule has 0 unspecified atom stereocenters. The van der Waals surface area contributed by atoms with Crippen LogP contribution in [0.3, 0.4) is 0 Å². The molecule has 0 heterocycles. The summed E-state index contributed by atoms with van der Waals surface area (Å²) < 4.78 is 0. The molecule has 0 saturated heterocycles. The summed E-state index contributed by atoms with van der Waals surface area (Å²) >= 11 is 0. The number of carboxylic acids is 2. The average molecular weight is 293 g/mol. The Kier molecular flexibility index (Phi) is 10.9. The van der Waals surface area contributed by atoms with E-state index in [0.29, 0.717) is 0 Å². The zero-order valence-corrected chi connectivity index (χ0v) is 10.7. The Balaban J connectivity index is -0.000000405. The van der Waals surface area contributed by atoms with Gasteiger partial charge in [-0.1, -0.05) is 0 Å². The van der Waals surface area contributed by atoms with Crippen LogP contribution in [0, 0.1) is 0 Å². The molecule has 2 radical (unpaired) electrons. The number of aliphatic hydroxyl groups is 2. The molecule has 0 aromatic heterocycles. The second-order valence-corrected chi connectivity index (χ2v) is 1.65. The van der Waals surface area contributed by atoms with Gasteiger partial charge in [-0.2, -0.15) is 0 Å². The third-order valence-corrected chi connectivity index (χ3v) is 0.718. The second-order valence-electron chi connectivity index (χ2n) is 1.65. The molecule has 0 amide bonds. The first kappa shape index (κ1) is 18.5. The minimum absolute atomic E-state index is 0. The van der Waals surface area contributed by atoms with Gasteiger partial charge in [0, 0.05) is 12.4 Å². The maximum Gasteiger partial charge on any atom is 3.00 e. The van der Waals surface area contributed by atoms with Crippen molar-refractivity contribution in [3.8, 4) is 0 Å². The van der Waals surface area contributed by atoms with Crippen LogP contribution in [0.15, 0.2) is 0 Å². The fraction of sp³-hybridized carbons (Fsp3) is 0.500. The molecule has 2 N–H and O–H groups in total. The standard InChI is InChI=1S/C4H6O6.Na.Sb/c5-2(6)1-4(9,10)3(7)8;;/h9-10H,1H2,(H,5,6)(H,7,8);;/q;+1;+3/p-2. The van der Waals surface area contributed by atoms with Gasteiger partial charge in [-0.3, -0.25) is 0 Å². The van der Waals surface area contributed by atoms with E-state index < -0.39 is 24.1 Å². The number of hydrogen-bond acceptors (Lipinski definition) is 6. The summed E-state index contributed by atoms with van der Waals surface area (Å²) in [6, 6.07) is 0. The van der Waals surface area contributed by atoms with Gasteiger partial charge in [0.05, 0.1) is 0 Å². The third kappa shape index (κ3) is 7.33. The Morgan fingerprint density at radius 1 is 1.25 bits per heavy atom. The Hall–Kier alpha value is 0.678. The molecule has 0 rings (SSSR count). The average Bonchev–Trinajstić information content (AvgIpc) is 1.60. The smallest absolute Gasteiger partial charge is 0.550 e. The van der Waals surface area contributed by atoms with Gasteiger partial charge in [-0.05, 0) is 0 Å². The van der Waals surface area contributed by atoms with Crippen LogP contribution in [-0.2, 0) is 9.59 Å². The van der Waals surface area contributed by atoms with E-state index in [1.54, 1.807) is 0 Å². The summed E-state index contributed by atoms with van der Waals surface area (Å²) in [5.41, 5.74) is 0. The molecule has 0 aromatic rings. The van der Waals surface area contributed by atoms with Gasteiger partial charge < -0.3 is 30.0 Å². The van der Waals surface area contributed by atoms with Crippen molar-refractivity contribution in [1.29, 1.82) is 0 Å². The number of carbonyl (C=O) groups is 2. The van der Waals surface area contributed by atoms with Crippen LogP contribution in [0.25, 0.3) is 0 Å². The molecule has 0 fully saturated rings. The van der Waals surface area contributed by atoms with Gasteiger partial charge >= 0.3 is 54.0 Å². The van der Waals surface area contributed by atoms with Gasteiger partial charge in [-0.25, -0.2) is 0 Å². The number of rotatable bonds is 3. The molecule has 0 aliphatic rings. The quantitative estimate of drug-likeness (QED) is 0.394. The van der Waals surface area contributed by atoms with Gasteiger partial charge in [-0.15, -0.1) is 0 Å². The topological polar surface area (TPSA) is 121 Å². The van der Waals surface area contributed by atoms with Crippen LogP contribution >= 0.6 is 0 Å².